The first kappa shape index (κ1) is 42.3. The Balaban J connectivity index is 1.05. The molecule has 0 saturated carbocycles. The van der Waals surface area contributed by atoms with E-state index in [1.807, 2.05) is 80.3 Å². The summed E-state index contributed by atoms with van der Waals surface area (Å²) in [5, 5.41) is 28.9. The molecule has 15 heteroatoms. The number of carbonyl (C=O) groups excluding carboxylic acids is 3. The highest BCUT2D eigenvalue weighted by atomic mass is 16.7. The number of amides is 3. The van der Waals surface area contributed by atoms with Crippen LogP contribution in [-0.2, 0) is 14.3 Å². The second-order valence-corrected chi connectivity index (χ2v) is 16.3. The molecule has 2 aromatic heterocycles. The number of H-pyrrole nitrogens is 2. The Morgan fingerprint density at radius 2 is 1.40 bits per heavy atom. The van der Waals surface area contributed by atoms with Gasteiger partial charge in [-0.1, -0.05) is 97.5 Å². The predicted octanol–water partition coefficient (Wildman–Crippen LogP) is 6.80. The van der Waals surface area contributed by atoms with Gasteiger partial charge in [0.2, 0.25) is 5.91 Å². The van der Waals surface area contributed by atoms with Gasteiger partial charge < -0.3 is 39.6 Å². The Kier molecular flexibility index (Phi) is 12.5. The molecule has 7 atom stereocenters. The number of nitrogens with one attached hydrogen (secondary N) is 3. The zero-order valence-electron chi connectivity index (χ0n) is 34.9. The Morgan fingerprint density at radius 3 is 1.92 bits per heavy atom. The molecule has 15 nitrogen and oxygen atoms in total. The molecule has 3 aromatic carbocycles. The Labute approximate surface area is 349 Å². The van der Waals surface area contributed by atoms with E-state index in [0.29, 0.717) is 30.2 Å². The van der Waals surface area contributed by atoms with Gasteiger partial charge in [0.1, 0.15) is 23.7 Å². The second-order valence-electron chi connectivity index (χ2n) is 16.3. The monoisotopic (exact) mass is 818 g/mol. The summed E-state index contributed by atoms with van der Waals surface area (Å²) in [6, 6.07) is 22.9. The lowest BCUT2D eigenvalue weighted by molar-refractivity contribution is -1.16. The SMILES string of the molecule is COC[C@H]1C[C@@H](c2ncc(-c3ccc(-c4ccc(-c5cnc([C@@H]6CC[C@H](C)N6C(=O)C(NC(=O)OC)C(C)C)[nH]5)cc4)cc3)[nH]2)N([N+](O)(C(=O)[O-])C(C)c2ccccc2)C1. The fourth-order valence-electron chi connectivity index (χ4n) is 8.75. The highest BCUT2D eigenvalue weighted by Gasteiger charge is 2.53. The second kappa shape index (κ2) is 17.8. The van der Waals surface area contributed by atoms with Crippen LogP contribution in [0.3, 0.4) is 0 Å². The van der Waals surface area contributed by atoms with Gasteiger partial charge in [-0.05, 0) is 61.3 Å². The third-order valence-electron chi connectivity index (χ3n) is 12.1. The molecule has 316 valence electrons. The van der Waals surface area contributed by atoms with Gasteiger partial charge in [0.25, 0.3) is 0 Å². The Hall–Kier alpha value is -5.87. The standard InChI is InChI=1S/C45H54N8O7/c1-27(2)40(50-44(55)60-6)43(54)52-28(3)12-21-38(52)41-46-23-36(48-41)34-17-13-32(14-18-34)33-15-19-35(20-16-33)37-24-47-42(49-37)39-22-30(26-59-5)25-51(39)53(58,45(56)57)29(4)31-10-8-7-9-11-31/h7-11,13-20,23-24,27-30,38-40,58H,12,21-22,25-26H2,1-6H3,(H3-,46,47,48,49,50,55,56,57)/t28-,29?,30-,38-,39-,40?,53?/m0/s1. The maximum absolute atomic E-state index is 13.8. The fraction of sp³-hybridized carbons (Fsp3) is 0.400. The number of aromatic nitrogens is 4. The average molecular weight is 819 g/mol. The van der Waals surface area contributed by atoms with Crippen LogP contribution < -0.4 is 10.4 Å². The summed E-state index contributed by atoms with van der Waals surface area (Å²) in [5.41, 5.74) is 6.14. The lowest BCUT2D eigenvalue weighted by atomic mass is 10.0. The van der Waals surface area contributed by atoms with Crippen molar-refractivity contribution in [2.45, 2.75) is 77.2 Å². The topological polar surface area (TPSA) is 189 Å². The average Bonchev–Trinajstić information content (AvgIpc) is 4.09. The van der Waals surface area contributed by atoms with Crippen molar-refractivity contribution in [3.8, 4) is 33.6 Å². The molecule has 3 amide bonds. The van der Waals surface area contributed by atoms with Gasteiger partial charge in [-0.3, -0.25) is 4.79 Å². The number of aromatic amines is 2. The molecule has 60 heavy (non-hydrogen) atoms. The molecule has 7 rings (SSSR count). The number of rotatable bonds is 13. The van der Waals surface area contributed by atoms with Crippen molar-refractivity contribution in [3.05, 3.63) is 108 Å². The lowest BCUT2D eigenvalue weighted by Gasteiger charge is -2.42. The number of likely N-dealkylation sites (tertiary alicyclic amines) is 1. The molecular weight excluding hydrogens is 765 g/mol. The summed E-state index contributed by atoms with van der Waals surface area (Å²) in [7, 11) is 2.89. The van der Waals surface area contributed by atoms with Crippen molar-refractivity contribution < 1.29 is 38.9 Å². The summed E-state index contributed by atoms with van der Waals surface area (Å²) in [5.74, 6) is 0.921. The number of carboxylic acid groups (broad SMARTS) is 1. The first-order valence-electron chi connectivity index (χ1n) is 20.5. The van der Waals surface area contributed by atoms with Crippen LogP contribution in [0.25, 0.3) is 33.6 Å². The highest BCUT2D eigenvalue weighted by Crippen LogP contribution is 2.43. The number of ether oxygens (including phenoxy) is 2. The first-order chi connectivity index (χ1) is 28.8. The molecule has 0 radical (unpaired) electrons. The largest absolute Gasteiger partial charge is 0.494 e. The normalized spacial score (nSPS) is 21.4. The molecule has 3 unspecified atom stereocenters. The van der Waals surface area contributed by atoms with Crippen molar-refractivity contribution in [2.24, 2.45) is 11.8 Å². The van der Waals surface area contributed by atoms with Crippen LogP contribution in [0.5, 0.6) is 0 Å². The summed E-state index contributed by atoms with van der Waals surface area (Å²) >= 11 is 0. The predicted molar refractivity (Wildman–Crippen MR) is 221 cm³/mol. The van der Waals surface area contributed by atoms with Crippen molar-refractivity contribution in [2.75, 3.05) is 27.4 Å². The van der Waals surface area contributed by atoms with Gasteiger partial charge >= 0.3 is 12.2 Å². The summed E-state index contributed by atoms with van der Waals surface area (Å²) in [4.78, 5) is 56.7. The number of benzene rings is 3. The zero-order valence-corrected chi connectivity index (χ0v) is 34.9. The molecule has 2 fully saturated rings. The molecule has 4 heterocycles. The Morgan fingerprint density at radius 1 is 0.850 bits per heavy atom. The third kappa shape index (κ3) is 8.30. The maximum atomic E-state index is 13.8. The van der Waals surface area contributed by atoms with Gasteiger partial charge in [-0.25, -0.2) is 14.8 Å². The molecule has 5 aromatic rings. The fourth-order valence-corrected chi connectivity index (χ4v) is 8.75. The van der Waals surface area contributed by atoms with Crippen molar-refractivity contribution in [3.63, 3.8) is 0 Å². The van der Waals surface area contributed by atoms with Crippen molar-refractivity contribution >= 4 is 18.1 Å². The van der Waals surface area contributed by atoms with Crippen LogP contribution in [0, 0.1) is 11.8 Å². The number of alkyl carbamates (subject to hydrolysis) is 1. The number of imidazole rings is 2. The number of hydroxylamine groups is 2. The van der Waals surface area contributed by atoms with Crippen LogP contribution in [-0.4, -0.2) is 97.4 Å². The molecule has 2 saturated heterocycles. The molecule has 2 aliphatic heterocycles. The van der Waals surface area contributed by atoms with E-state index in [0.717, 1.165) is 46.5 Å². The number of quaternary nitrogens is 1. The molecular formula is C45H54N8O7. The molecule has 4 N–H and O–H groups in total. The highest BCUT2D eigenvalue weighted by molar-refractivity contribution is 5.86. The molecule has 0 bridgehead atoms. The van der Waals surface area contributed by atoms with E-state index in [1.54, 1.807) is 38.6 Å². The van der Waals surface area contributed by atoms with E-state index in [4.69, 9.17) is 19.4 Å². The quantitative estimate of drug-likeness (QED) is 0.0559. The minimum absolute atomic E-state index is 0.0132. The first-order valence-corrected chi connectivity index (χ1v) is 20.5. The van der Waals surface area contributed by atoms with Gasteiger partial charge in [-0.2, -0.15) is 5.21 Å². The van der Waals surface area contributed by atoms with Gasteiger partial charge in [0.15, 0.2) is 6.04 Å². The van der Waals surface area contributed by atoms with Gasteiger partial charge in [0, 0.05) is 24.6 Å². The summed E-state index contributed by atoms with van der Waals surface area (Å²) < 4.78 is 8.81. The molecule has 0 spiro atoms. The zero-order chi connectivity index (χ0) is 42.7. The van der Waals surface area contributed by atoms with Gasteiger partial charge in [0.05, 0.1) is 50.1 Å². The number of hydrogen-bond acceptors (Lipinski definition) is 10. The van der Waals surface area contributed by atoms with Gasteiger partial charge in [-0.15, -0.1) is 5.01 Å². The van der Waals surface area contributed by atoms with Crippen LogP contribution in [0.15, 0.2) is 91.3 Å². The third-order valence-corrected chi connectivity index (χ3v) is 12.1. The van der Waals surface area contributed by atoms with E-state index in [-0.39, 0.29) is 36.4 Å². The van der Waals surface area contributed by atoms with E-state index < -0.39 is 35.1 Å². The van der Waals surface area contributed by atoms with Crippen LogP contribution in [0.2, 0.25) is 0 Å². The summed E-state index contributed by atoms with van der Waals surface area (Å²) in [6.45, 7) is 8.16. The summed E-state index contributed by atoms with van der Waals surface area (Å²) in [6.07, 6.45) is 3.37. The minimum Gasteiger partial charge on any atom is -0.494 e. The molecule has 0 aliphatic carbocycles. The van der Waals surface area contributed by atoms with Crippen molar-refractivity contribution in [1.29, 1.82) is 0 Å². The smallest absolute Gasteiger partial charge is 0.407 e. The van der Waals surface area contributed by atoms with Crippen molar-refractivity contribution in [1.82, 2.24) is 35.2 Å². The van der Waals surface area contributed by atoms with E-state index in [2.05, 4.69) is 27.4 Å². The number of hydrogen-bond donors (Lipinski definition) is 4. The van der Waals surface area contributed by atoms with E-state index in [1.165, 1.54) is 12.1 Å². The molecule has 2 aliphatic rings. The van der Waals surface area contributed by atoms with E-state index in [9.17, 15) is 24.7 Å². The van der Waals surface area contributed by atoms with Crippen LogP contribution in [0.4, 0.5) is 9.59 Å². The minimum atomic E-state index is -1.62. The number of carbonyl (C=O) groups is 3. The Bertz CT molecular complexity index is 2260. The van der Waals surface area contributed by atoms with Crippen LogP contribution >= 0.6 is 0 Å². The van der Waals surface area contributed by atoms with E-state index >= 15 is 0 Å². The van der Waals surface area contributed by atoms with Crippen LogP contribution in [0.1, 0.15) is 82.3 Å². The number of methoxy groups -OCH3 is 2. The number of nitrogens with zero attached hydrogens (tertiary/aromatic N) is 5. The lowest BCUT2D eigenvalue weighted by Crippen LogP contribution is -2.66. The maximum Gasteiger partial charge on any atom is 0.407 e.